The number of hydrogen-bond donors (Lipinski definition) is 1. The Bertz CT molecular complexity index is 721. The second kappa shape index (κ2) is 5.54. The molecule has 0 unspecified atom stereocenters. The molecule has 0 saturated carbocycles. The third kappa shape index (κ3) is 2.60. The van der Waals surface area contributed by atoms with Crippen molar-refractivity contribution in [2.24, 2.45) is 0 Å². The normalized spacial score (nSPS) is 17.7. The summed E-state index contributed by atoms with van der Waals surface area (Å²) < 4.78 is 0. The van der Waals surface area contributed by atoms with Gasteiger partial charge in [-0.3, -0.25) is 4.79 Å². The topological polar surface area (TPSA) is 87.7 Å². The second-order valence-corrected chi connectivity index (χ2v) is 5.12. The van der Waals surface area contributed by atoms with Gasteiger partial charge in [0.1, 0.15) is 0 Å². The van der Waals surface area contributed by atoms with Gasteiger partial charge in [0.15, 0.2) is 5.82 Å². The summed E-state index contributed by atoms with van der Waals surface area (Å²) in [7, 11) is 0. The maximum absolute atomic E-state index is 11.5. The smallest absolute Gasteiger partial charge is 0.279 e. The number of thiol groups is 1. The van der Waals surface area contributed by atoms with E-state index in [1.165, 1.54) is 4.80 Å². The molecule has 1 aromatic carbocycles. The van der Waals surface area contributed by atoms with Crippen LogP contribution in [-0.2, 0) is 0 Å². The lowest BCUT2D eigenvalue weighted by Gasteiger charge is -2.19. The van der Waals surface area contributed by atoms with E-state index in [2.05, 4.69) is 34.1 Å². The Morgan fingerprint density at radius 1 is 1.48 bits per heavy atom. The maximum Gasteiger partial charge on any atom is 0.279 e. The largest absolute Gasteiger partial charge is 0.323 e. The van der Waals surface area contributed by atoms with Gasteiger partial charge in [0.2, 0.25) is 0 Å². The molecule has 7 nitrogen and oxygen atoms in total. The first kappa shape index (κ1) is 13.6. The highest BCUT2D eigenvalue weighted by molar-refractivity contribution is 7.96. The molecule has 1 amide bonds. The van der Waals surface area contributed by atoms with E-state index in [-0.39, 0.29) is 11.3 Å². The molecular weight excluding hydrogens is 288 g/mol. The minimum atomic E-state index is -0.277. The minimum absolute atomic E-state index is 0.178. The van der Waals surface area contributed by atoms with E-state index in [0.717, 1.165) is 12.8 Å². The van der Waals surface area contributed by atoms with Crippen molar-refractivity contribution in [2.75, 3.05) is 6.54 Å². The molecule has 1 atom stereocenters. The minimum Gasteiger partial charge on any atom is -0.323 e. The van der Waals surface area contributed by atoms with Crippen LogP contribution in [0, 0.1) is 11.3 Å². The molecule has 0 aliphatic carbocycles. The third-order valence-electron chi connectivity index (χ3n) is 3.43. The first-order valence-electron chi connectivity index (χ1n) is 6.49. The van der Waals surface area contributed by atoms with E-state index >= 15 is 0 Å². The van der Waals surface area contributed by atoms with Gasteiger partial charge in [-0.2, -0.15) is 5.26 Å². The summed E-state index contributed by atoms with van der Waals surface area (Å²) in [6.45, 7) is 0.658. The predicted octanol–water partition coefficient (Wildman–Crippen LogP) is 1.72. The van der Waals surface area contributed by atoms with Crippen molar-refractivity contribution < 1.29 is 4.79 Å². The van der Waals surface area contributed by atoms with Crippen LogP contribution in [0.4, 0.5) is 4.79 Å². The predicted molar refractivity (Wildman–Crippen MR) is 76.9 cm³/mol. The molecule has 0 radical (unpaired) electrons. The van der Waals surface area contributed by atoms with Crippen molar-refractivity contribution in [2.45, 2.75) is 18.9 Å². The van der Waals surface area contributed by atoms with Crippen LogP contribution in [0.15, 0.2) is 24.3 Å². The Balaban J connectivity index is 1.89. The Morgan fingerprint density at radius 2 is 2.33 bits per heavy atom. The molecular formula is C13H12N6OS. The summed E-state index contributed by atoms with van der Waals surface area (Å²) in [6.07, 6.45) is 1.70. The standard InChI is InChI=1S/C13H12N6OS/c14-8-9-3-1-4-10(7-9)19-16-12(15-17-19)11-5-2-6-18(11)13(20)21/h1,3-4,7,11H,2,5-6H2,(H,20,21)/t11-/m1/s1. The molecule has 1 aromatic heterocycles. The fourth-order valence-electron chi connectivity index (χ4n) is 2.43. The Hall–Kier alpha value is -2.40. The van der Waals surface area contributed by atoms with Crippen molar-refractivity contribution in [1.82, 2.24) is 25.1 Å². The fourth-order valence-corrected chi connectivity index (χ4v) is 2.67. The van der Waals surface area contributed by atoms with E-state index in [1.54, 1.807) is 29.2 Å². The van der Waals surface area contributed by atoms with Crippen molar-refractivity contribution in [3.63, 3.8) is 0 Å². The van der Waals surface area contributed by atoms with Crippen LogP contribution in [0.25, 0.3) is 5.69 Å². The molecule has 1 aliphatic heterocycles. The molecule has 1 saturated heterocycles. The number of nitrogens with zero attached hydrogens (tertiary/aromatic N) is 6. The zero-order valence-corrected chi connectivity index (χ0v) is 11.9. The molecule has 0 N–H and O–H groups in total. The maximum atomic E-state index is 11.5. The van der Waals surface area contributed by atoms with Gasteiger partial charge in [0.25, 0.3) is 5.24 Å². The van der Waals surface area contributed by atoms with Crippen LogP contribution in [0.2, 0.25) is 0 Å². The van der Waals surface area contributed by atoms with Gasteiger partial charge in [-0.1, -0.05) is 18.7 Å². The summed E-state index contributed by atoms with van der Waals surface area (Å²) >= 11 is 3.87. The molecule has 2 heterocycles. The quantitative estimate of drug-likeness (QED) is 0.853. The van der Waals surface area contributed by atoms with Crippen LogP contribution >= 0.6 is 12.6 Å². The molecule has 1 aliphatic rings. The molecule has 2 aromatic rings. The van der Waals surface area contributed by atoms with Crippen molar-refractivity contribution in [3.05, 3.63) is 35.7 Å². The molecule has 0 bridgehead atoms. The average Bonchev–Trinajstić information content (AvgIpc) is 3.15. The third-order valence-corrected chi connectivity index (χ3v) is 3.69. The number of hydrogen-bond acceptors (Lipinski definition) is 5. The number of amides is 1. The van der Waals surface area contributed by atoms with Gasteiger partial charge >= 0.3 is 0 Å². The highest BCUT2D eigenvalue weighted by Crippen LogP contribution is 2.30. The van der Waals surface area contributed by atoms with Crippen molar-refractivity contribution in [1.29, 1.82) is 5.26 Å². The van der Waals surface area contributed by atoms with Crippen LogP contribution in [-0.4, -0.2) is 36.9 Å². The van der Waals surface area contributed by atoms with Gasteiger partial charge < -0.3 is 4.90 Å². The van der Waals surface area contributed by atoms with Crippen molar-refractivity contribution >= 4 is 17.9 Å². The first-order chi connectivity index (χ1) is 10.2. The number of benzene rings is 1. The SMILES string of the molecule is N#Cc1cccc(-n2nnc([C@H]3CCCN3C(=O)S)n2)c1. The second-order valence-electron chi connectivity index (χ2n) is 4.73. The lowest BCUT2D eigenvalue weighted by molar-refractivity contribution is 0.217. The summed E-state index contributed by atoms with van der Waals surface area (Å²) in [6, 6.07) is 8.84. The van der Waals surface area contributed by atoms with Gasteiger partial charge in [0.05, 0.1) is 23.4 Å². The molecule has 0 spiro atoms. The average molecular weight is 300 g/mol. The van der Waals surface area contributed by atoms with Crippen LogP contribution in [0.3, 0.4) is 0 Å². The molecule has 106 valence electrons. The van der Waals surface area contributed by atoms with Gasteiger partial charge in [-0.05, 0) is 36.3 Å². The summed E-state index contributed by atoms with van der Waals surface area (Å²) in [5, 5.41) is 21.0. The fraction of sp³-hybridized carbons (Fsp3) is 0.308. The van der Waals surface area contributed by atoms with Crippen molar-refractivity contribution in [3.8, 4) is 11.8 Å². The van der Waals surface area contributed by atoms with Gasteiger partial charge in [0, 0.05) is 6.54 Å². The van der Waals surface area contributed by atoms with E-state index < -0.39 is 0 Å². The highest BCUT2D eigenvalue weighted by Gasteiger charge is 2.31. The summed E-state index contributed by atoms with van der Waals surface area (Å²) in [4.78, 5) is 14.5. The molecule has 8 heteroatoms. The molecule has 3 rings (SSSR count). The number of aromatic nitrogens is 4. The van der Waals surface area contributed by atoms with Gasteiger partial charge in [-0.25, -0.2) is 0 Å². The van der Waals surface area contributed by atoms with E-state index in [9.17, 15) is 4.79 Å². The number of nitriles is 1. The zero-order valence-electron chi connectivity index (χ0n) is 11.0. The van der Waals surface area contributed by atoms with Crippen LogP contribution in [0.5, 0.6) is 0 Å². The number of carbonyl (C=O) groups excluding carboxylic acids is 1. The monoisotopic (exact) mass is 300 g/mol. The Morgan fingerprint density at radius 3 is 3.10 bits per heavy atom. The lowest BCUT2D eigenvalue weighted by Crippen LogP contribution is -2.26. The van der Waals surface area contributed by atoms with Crippen LogP contribution in [0.1, 0.15) is 30.3 Å². The Kier molecular flexibility index (Phi) is 3.58. The van der Waals surface area contributed by atoms with E-state index in [4.69, 9.17) is 5.26 Å². The Labute approximate surface area is 126 Å². The summed E-state index contributed by atoms with van der Waals surface area (Å²) in [5.41, 5.74) is 1.19. The van der Waals surface area contributed by atoms with Gasteiger partial charge in [-0.15, -0.1) is 15.0 Å². The number of rotatable bonds is 2. The number of tetrazole rings is 1. The lowest BCUT2D eigenvalue weighted by atomic mass is 10.2. The number of carbonyl (C=O) groups is 1. The first-order valence-corrected chi connectivity index (χ1v) is 6.94. The highest BCUT2D eigenvalue weighted by atomic mass is 32.1. The zero-order chi connectivity index (χ0) is 14.8. The molecule has 21 heavy (non-hydrogen) atoms. The van der Waals surface area contributed by atoms with E-state index in [1.807, 2.05) is 0 Å². The summed E-state index contributed by atoms with van der Waals surface area (Å²) in [5.74, 6) is 0.497. The van der Waals surface area contributed by atoms with E-state index in [0.29, 0.717) is 23.6 Å². The van der Waals surface area contributed by atoms with Crippen LogP contribution < -0.4 is 0 Å². The number of likely N-dealkylation sites (tertiary alicyclic amines) is 1. The molecule has 1 fully saturated rings.